The molecule has 0 amide bonds. The van der Waals surface area contributed by atoms with Crippen molar-refractivity contribution in [1.82, 2.24) is 4.98 Å². The summed E-state index contributed by atoms with van der Waals surface area (Å²) in [5, 5.41) is 3.88. The molecule has 3 rings (SSSR count). The quantitative estimate of drug-likeness (QED) is 0.651. The van der Waals surface area contributed by atoms with E-state index in [1.54, 1.807) is 20.3 Å². The fourth-order valence-corrected chi connectivity index (χ4v) is 2.93. The Hall–Kier alpha value is -2.82. The average Bonchev–Trinajstić information content (AvgIpc) is 2.66. The zero-order chi connectivity index (χ0) is 18.5. The summed E-state index contributed by atoms with van der Waals surface area (Å²) in [7, 11) is 3.20. The second-order valence-corrected chi connectivity index (χ2v) is 6.13. The van der Waals surface area contributed by atoms with Gasteiger partial charge in [-0.25, -0.2) is 9.37 Å². The summed E-state index contributed by atoms with van der Waals surface area (Å²) < 4.78 is 25.0. The number of rotatable bonds is 7. The van der Waals surface area contributed by atoms with Gasteiger partial charge >= 0.3 is 0 Å². The largest absolute Gasteiger partial charge is 0.497 e. The van der Waals surface area contributed by atoms with Gasteiger partial charge in [0.15, 0.2) is 11.6 Å². The second kappa shape index (κ2) is 8.04. The number of anilines is 1. The molecule has 0 aliphatic rings. The van der Waals surface area contributed by atoms with Crippen molar-refractivity contribution in [2.75, 3.05) is 19.5 Å². The van der Waals surface area contributed by atoms with E-state index >= 15 is 0 Å². The van der Waals surface area contributed by atoms with Crippen LogP contribution in [-0.2, 0) is 13.0 Å². The lowest BCUT2D eigenvalue weighted by Gasteiger charge is -2.13. The molecular formula is C21H23FN2O2. The molecule has 0 bridgehead atoms. The van der Waals surface area contributed by atoms with Gasteiger partial charge < -0.3 is 14.8 Å². The summed E-state index contributed by atoms with van der Waals surface area (Å²) in [5.41, 5.74) is 2.90. The maximum Gasteiger partial charge on any atom is 0.166 e. The molecular weight excluding hydrogens is 331 g/mol. The van der Waals surface area contributed by atoms with Gasteiger partial charge in [-0.15, -0.1) is 0 Å². The SMILES string of the molecule is CCCc1ccc2cc(F)c(NCc3ccc(OC)cc3OC)nc2c1. The molecule has 0 aliphatic carbocycles. The summed E-state index contributed by atoms with van der Waals surface area (Å²) in [6.07, 6.45) is 2.05. The number of aryl methyl sites for hydroxylation is 1. The molecule has 0 spiro atoms. The minimum absolute atomic E-state index is 0.240. The smallest absolute Gasteiger partial charge is 0.166 e. The molecule has 136 valence electrons. The van der Waals surface area contributed by atoms with Crippen LogP contribution in [0.15, 0.2) is 42.5 Å². The molecule has 1 N–H and O–H groups in total. The number of fused-ring (bicyclic) bond motifs is 1. The molecule has 0 atom stereocenters. The normalized spacial score (nSPS) is 10.8. The number of nitrogens with one attached hydrogen (secondary N) is 1. The number of halogens is 1. The minimum atomic E-state index is -0.367. The molecule has 0 radical (unpaired) electrons. The zero-order valence-electron chi connectivity index (χ0n) is 15.3. The molecule has 4 nitrogen and oxygen atoms in total. The van der Waals surface area contributed by atoms with Gasteiger partial charge in [-0.05, 0) is 36.2 Å². The summed E-state index contributed by atoms with van der Waals surface area (Å²) in [5.74, 6) is 1.27. The van der Waals surface area contributed by atoms with E-state index in [9.17, 15) is 4.39 Å². The third-order valence-electron chi connectivity index (χ3n) is 4.31. The maximum absolute atomic E-state index is 14.4. The average molecular weight is 354 g/mol. The van der Waals surface area contributed by atoms with E-state index in [0.717, 1.165) is 29.3 Å². The van der Waals surface area contributed by atoms with Gasteiger partial charge in [0.25, 0.3) is 0 Å². The van der Waals surface area contributed by atoms with Crippen molar-refractivity contribution in [3.63, 3.8) is 0 Å². The Labute approximate surface area is 153 Å². The highest BCUT2D eigenvalue weighted by atomic mass is 19.1. The molecule has 0 saturated carbocycles. The highest BCUT2D eigenvalue weighted by Crippen LogP contribution is 2.26. The first kappa shape index (κ1) is 18.0. The van der Waals surface area contributed by atoms with Crippen LogP contribution in [0.1, 0.15) is 24.5 Å². The van der Waals surface area contributed by atoms with Crippen molar-refractivity contribution < 1.29 is 13.9 Å². The lowest BCUT2D eigenvalue weighted by molar-refractivity contribution is 0.391. The predicted octanol–water partition coefficient (Wildman–Crippen LogP) is 4.96. The molecule has 1 aromatic heterocycles. The second-order valence-electron chi connectivity index (χ2n) is 6.13. The Balaban J connectivity index is 1.85. The summed E-state index contributed by atoms with van der Waals surface area (Å²) in [4.78, 5) is 4.47. The highest BCUT2D eigenvalue weighted by Gasteiger charge is 2.10. The van der Waals surface area contributed by atoms with E-state index < -0.39 is 0 Å². The molecule has 0 saturated heterocycles. The van der Waals surface area contributed by atoms with Crippen LogP contribution in [0, 0.1) is 5.82 Å². The predicted molar refractivity (Wildman–Crippen MR) is 103 cm³/mol. The van der Waals surface area contributed by atoms with Crippen molar-refractivity contribution in [3.05, 3.63) is 59.4 Å². The van der Waals surface area contributed by atoms with Gasteiger partial charge in [-0.3, -0.25) is 0 Å². The van der Waals surface area contributed by atoms with Crippen LogP contribution in [0.3, 0.4) is 0 Å². The Morgan fingerprint density at radius 2 is 1.88 bits per heavy atom. The number of pyridine rings is 1. The van der Waals surface area contributed by atoms with Gasteiger partial charge in [0.2, 0.25) is 0 Å². The highest BCUT2D eigenvalue weighted by molar-refractivity contribution is 5.81. The lowest BCUT2D eigenvalue weighted by Crippen LogP contribution is -2.05. The van der Waals surface area contributed by atoms with Gasteiger partial charge in [0.05, 0.1) is 19.7 Å². The molecule has 2 aromatic carbocycles. The van der Waals surface area contributed by atoms with Crippen molar-refractivity contribution >= 4 is 16.7 Å². The minimum Gasteiger partial charge on any atom is -0.497 e. The van der Waals surface area contributed by atoms with Gasteiger partial charge in [0, 0.05) is 23.6 Å². The Bertz CT molecular complexity index is 912. The number of methoxy groups -OCH3 is 2. The number of nitrogens with zero attached hydrogens (tertiary/aromatic N) is 1. The summed E-state index contributed by atoms with van der Waals surface area (Å²) >= 11 is 0. The molecule has 3 aromatic rings. The lowest BCUT2D eigenvalue weighted by atomic mass is 10.1. The third-order valence-corrected chi connectivity index (χ3v) is 4.31. The Morgan fingerprint density at radius 3 is 2.62 bits per heavy atom. The van der Waals surface area contributed by atoms with E-state index in [-0.39, 0.29) is 11.6 Å². The fraction of sp³-hybridized carbons (Fsp3) is 0.286. The van der Waals surface area contributed by atoms with E-state index in [1.165, 1.54) is 11.6 Å². The van der Waals surface area contributed by atoms with Gasteiger partial charge in [-0.2, -0.15) is 0 Å². The first-order valence-corrected chi connectivity index (χ1v) is 8.68. The number of hydrogen-bond donors (Lipinski definition) is 1. The summed E-state index contributed by atoms with van der Waals surface area (Å²) in [6, 6.07) is 13.0. The Morgan fingerprint density at radius 1 is 1.04 bits per heavy atom. The standard InChI is InChI=1S/C21H23FN2O2/c1-4-5-14-6-7-15-11-18(22)21(24-19(15)10-14)23-13-16-8-9-17(25-2)12-20(16)26-3/h6-12H,4-5,13H2,1-3H3,(H,23,24). The molecule has 0 unspecified atom stereocenters. The van der Waals surface area contributed by atoms with E-state index in [2.05, 4.69) is 17.2 Å². The topological polar surface area (TPSA) is 43.4 Å². The maximum atomic E-state index is 14.4. The molecule has 5 heteroatoms. The van der Waals surface area contributed by atoms with Crippen LogP contribution in [-0.4, -0.2) is 19.2 Å². The first-order chi connectivity index (χ1) is 12.6. The van der Waals surface area contributed by atoms with Crippen LogP contribution in [0.4, 0.5) is 10.2 Å². The van der Waals surface area contributed by atoms with Crippen LogP contribution in [0.2, 0.25) is 0 Å². The van der Waals surface area contributed by atoms with Crippen molar-refractivity contribution in [3.8, 4) is 11.5 Å². The Kier molecular flexibility index (Phi) is 5.56. The molecule has 26 heavy (non-hydrogen) atoms. The third kappa shape index (κ3) is 3.87. The van der Waals surface area contributed by atoms with Gasteiger partial charge in [0.1, 0.15) is 11.5 Å². The zero-order valence-corrected chi connectivity index (χ0v) is 15.3. The fourth-order valence-electron chi connectivity index (χ4n) is 2.93. The van der Waals surface area contributed by atoms with Crippen LogP contribution >= 0.6 is 0 Å². The van der Waals surface area contributed by atoms with Crippen LogP contribution in [0.5, 0.6) is 11.5 Å². The van der Waals surface area contributed by atoms with Crippen LogP contribution in [0.25, 0.3) is 10.9 Å². The molecule has 1 heterocycles. The monoisotopic (exact) mass is 354 g/mol. The number of benzene rings is 2. The van der Waals surface area contributed by atoms with E-state index in [1.807, 2.05) is 30.3 Å². The van der Waals surface area contributed by atoms with Crippen molar-refractivity contribution in [1.29, 1.82) is 0 Å². The van der Waals surface area contributed by atoms with E-state index in [0.29, 0.717) is 18.0 Å². The van der Waals surface area contributed by atoms with Crippen LogP contribution < -0.4 is 14.8 Å². The van der Waals surface area contributed by atoms with Crippen molar-refractivity contribution in [2.45, 2.75) is 26.3 Å². The number of aromatic nitrogens is 1. The molecule has 0 fully saturated rings. The summed E-state index contributed by atoms with van der Waals surface area (Å²) in [6.45, 7) is 2.54. The molecule has 0 aliphatic heterocycles. The van der Waals surface area contributed by atoms with Crippen molar-refractivity contribution in [2.24, 2.45) is 0 Å². The number of ether oxygens (including phenoxy) is 2. The van der Waals surface area contributed by atoms with Gasteiger partial charge in [-0.1, -0.05) is 25.5 Å². The number of hydrogen-bond acceptors (Lipinski definition) is 4. The van der Waals surface area contributed by atoms with E-state index in [4.69, 9.17) is 9.47 Å². The first-order valence-electron chi connectivity index (χ1n) is 8.68.